The summed E-state index contributed by atoms with van der Waals surface area (Å²) in [6, 6.07) is 19.5. The summed E-state index contributed by atoms with van der Waals surface area (Å²) >= 11 is 0. The standard InChI is InChI=1S/C27H25N7/c1-3-24-29-23-9-6-14-28-27(23)34(24)16-18-10-13-22-20(15-18)12-11-19-7-4-5-8-21(19)25(22)17(2)26-30-32-33-31-26/h4-10,13-15H,3,11-12,16H2,1-2H3,(H,30,31,32,33). The maximum atomic E-state index is 4.79. The lowest BCUT2D eigenvalue weighted by Crippen LogP contribution is -2.06. The van der Waals surface area contributed by atoms with Gasteiger partial charge in [-0.05, 0) is 75.7 Å². The van der Waals surface area contributed by atoms with Gasteiger partial charge < -0.3 is 4.57 Å². The second kappa shape index (κ2) is 8.33. The molecular formula is C27H25N7. The number of aryl methyl sites for hydroxylation is 3. The van der Waals surface area contributed by atoms with E-state index in [4.69, 9.17) is 4.98 Å². The number of aromatic nitrogens is 7. The zero-order chi connectivity index (χ0) is 23.1. The van der Waals surface area contributed by atoms with Gasteiger partial charge in [-0.2, -0.15) is 0 Å². The minimum absolute atomic E-state index is 0.699. The predicted molar refractivity (Wildman–Crippen MR) is 132 cm³/mol. The van der Waals surface area contributed by atoms with E-state index in [0.717, 1.165) is 48.4 Å². The molecule has 2 aromatic carbocycles. The highest BCUT2D eigenvalue weighted by Gasteiger charge is 2.22. The van der Waals surface area contributed by atoms with Crippen LogP contribution in [-0.4, -0.2) is 35.2 Å². The van der Waals surface area contributed by atoms with Crippen molar-refractivity contribution in [2.45, 2.75) is 39.7 Å². The first kappa shape index (κ1) is 20.5. The summed E-state index contributed by atoms with van der Waals surface area (Å²) < 4.78 is 2.24. The first-order valence-electron chi connectivity index (χ1n) is 11.7. The lowest BCUT2D eigenvalue weighted by molar-refractivity contribution is 0.745. The predicted octanol–water partition coefficient (Wildman–Crippen LogP) is 4.63. The number of nitrogens with zero attached hydrogens (tertiary/aromatic N) is 6. The fourth-order valence-corrected chi connectivity index (χ4v) is 5.06. The van der Waals surface area contributed by atoms with Gasteiger partial charge in [0.1, 0.15) is 11.3 Å². The van der Waals surface area contributed by atoms with Crippen LogP contribution in [0.5, 0.6) is 0 Å². The normalized spacial score (nSPS) is 14.5. The molecule has 5 aromatic rings. The van der Waals surface area contributed by atoms with Crippen LogP contribution >= 0.6 is 0 Å². The van der Waals surface area contributed by atoms with Crippen LogP contribution < -0.4 is 0 Å². The fourth-order valence-electron chi connectivity index (χ4n) is 5.06. The molecule has 1 aliphatic rings. The van der Waals surface area contributed by atoms with Crippen LogP contribution in [0, 0.1) is 0 Å². The van der Waals surface area contributed by atoms with Gasteiger partial charge in [0, 0.05) is 18.2 Å². The van der Waals surface area contributed by atoms with Crippen molar-refractivity contribution in [2.24, 2.45) is 0 Å². The van der Waals surface area contributed by atoms with Crippen LogP contribution in [0.15, 0.2) is 60.8 Å². The van der Waals surface area contributed by atoms with Gasteiger partial charge >= 0.3 is 0 Å². The number of tetrazole rings is 1. The Morgan fingerprint density at radius 1 is 1.00 bits per heavy atom. The molecule has 1 N–H and O–H groups in total. The maximum Gasteiger partial charge on any atom is 0.175 e. The molecule has 0 saturated carbocycles. The van der Waals surface area contributed by atoms with Gasteiger partial charge in [-0.1, -0.05) is 49.4 Å². The number of hydrogen-bond acceptors (Lipinski definition) is 5. The summed E-state index contributed by atoms with van der Waals surface area (Å²) in [5, 5.41) is 14.7. The third kappa shape index (κ3) is 3.41. The fraction of sp³-hybridized carbons (Fsp3) is 0.222. The molecule has 168 valence electrons. The maximum absolute atomic E-state index is 4.79. The van der Waals surface area contributed by atoms with Gasteiger partial charge in [0.25, 0.3) is 0 Å². The molecule has 0 atom stereocenters. The van der Waals surface area contributed by atoms with E-state index in [1.54, 1.807) is 0 Å². The minimum Gasteiger partial charge on any atom is -0.308 e. The number of imidazole rings is 1. The van der Waals surface area contributed by atoms with E-state index in [2.05, 4.69) is 86.5 Å². The zero-order valence-electron chi connectivity index (χ0n) is 19.3. The van der Waals surface area contributed by atoms with Crippen LogP contribution in [0.1, 0.15) is 53.3 Å². The zero-order valence-corrected chi connectivity index (χ0v) is 19.3. The molecule has 7 nitrogen and oxygen atoms in total. The van der Waals surface area contributed by atoms with Gasteiger partial charge in [-0.3, -0.25) is 0 Å². The number of allylic oxidation sites excluding steroid dienone is 1. The van der Waals surface area contributed by atoms with E-state index in [0.29, 0.717) is 5.82 Å². The number of rotatable bonds is 4. The smallest absolute Gasteiger partial charge is 0.175 e. The number of hydrogen-bond donors (Lipinski definition) is 1. The lowest BCUT2D eigenvalue weighted by atomic mass is 9.89. The van der Waals surface area contributed by atoms with Crippen LogP contribution in [0.3, 0.4) is 0 Å². The van der Waals surface area contributed by atoms with E-state index in [9.17, 15) is 0 Å². The molecular weight excluding hydrogens is 422 g/mol. The van der Waals surface area contributed by atoms with Crippen molar-refractivity contribution in [1.29, 1.82) is 0 Å². The van der Waals surface area contributed by atoms with Crippen LogP contribution in [-0.2, 0) is 25.8 Å². The third-order valence-electron chi connectivity index (χ3n) is 6.70. The van der Waals surface area contributed by atoms with Crippen molar-refractivity contribution < 1.29 is 0 Å². The Kier molecular flexibility index (Phi) is 5.02. The van der Waals surface area contributed by atoms with E-state index < -0.39 is 0 Å². The van der Waals surface area contributed by atoms with Crippen LogP contribution in [0.2, 0.25) is 0 Å². The van der Waals surface area contributed by atoms with Gasteiger partial charge in [0.15, 0.2) is 11.5 Å². The van der Waals surface area contributed by atoms with Crippen molar-refractivity contribution in [2.75, 3.05) is 0 Å². The molecule has 0 saturated heterocycles. The Morgan fingerprint density at radius 2 is 1.85 bits per heavy atom. The summed E-state index contributed by atoms with van der Waals surface area (Å²) in [6.45, 7) is 4.99. The van der Waals surface area contributed by atoms with Gasteiger partial charge in [0.05, 0.1) is 6.54 Å². The second-order valence-electron chi connectivity index (χ2n) is 8.71. The van der Waals surface area contributed by atoms with E-state index in [1.807, 2.05) is 18.3 Å². The Bertz CT molecular complexity index is 1530. The van der Waals surface area contributed by atoms with Crippen molar-refractivity contribution >= 4 is 22.3 Å². The third-order valence-corrected chi connectivity index (χ3v) is 6.70. The number of aromatic amines is 1. The van der Waals surface area contributed by atoms with Gasteiger partial charge in [-0.15, -0.1) is 5.10 Å². The average molecular weight is 448 g/mol. The first-order chi connectivity index (χ1) is 16.7. The Morgan fingerprint density at radius 3 is 2.71 bits per heavy atom. The Balaban J connectivity index is 1.48. The van der Waals surface area contributed by atoms with E-state index in [1.165, 1.54) is 33.4 Å². The molecule has 0 unspecified atom stereocenters. The van der Waals surface area contributed by atoms with Crippen LogP contribution in [0.4, 0.5) is 0 Å². The SMILES string of the molecule is CCc1nc2cccnc2n1Cc1ccc2c(c1)CCc1ccccc1C2=C(C)c1nnn[nH]1. The largest absolute Gasteiger partial charge is 0.308 e. The number of pyridine rings is 1. The number of fused-ring (bicyclic) bond motifs is 3. The summed E-state index contributed by atoms with van der Waals surface area (Å²) in [5.41, 5.74) is 10.6. The Labute approximate surface area is 197 Å². The topological polar surface area (TPSA) is 85.2 Å². The number of benzene rings is 2. The Hall–Kier alpha value is -4.13. The molecule has 6 rings (SSSR count). The highest BCUT2D eigenvalue weighted by molar-refractivity contribution is 5.98. The monoisotopic (exact) mass is 447 g/mol. The first-order valence-corrected chi connectivity index (χ1v) is 11.7. The molecule has 0 aliphatic heterocycles. The van der Waals surface area contributed by atoms with Crippen molar-refractivity contribution in [3.05, 3.63) is 100 Å². The van der Waals surface area contributed by atoms with Gasteiger partial charge in [0.2, 0.25) is 0 Å². The number of H-pyrrole nitrogens is 1. The van der Waals surface area contributed by atoms with E-state index in [-0.39, 0.29) is 0 Å². The molecule has 7 heteroatoms. The molecule has 1 aliphatic carbocycles. The summed E-state index contributed by atoms with van der Waals surface area (Å²) in [7, 11) is 0. The van der Waals surface area contributed by atoms with Gasteiger partial charge in [-0.25, -0.2) is 15.1 Å². The molecule has 0 radical (unpaired) electrons. The van der Waals surface area contributed by atoms with Crippen molar-refractivity contribution in [1.82, 2.24) is 35.2 Å². The highest BCUT2D eigenvalue weighted by Crippen LogP contribution is 2.38. The highest BCUT2D eigenvalue weighted by atomic mass is 15.5. The molecule has 0 bridgehead atoms. The summed E-state index contributed by atoms with van der Waals surface area (Å²) in [4.78, 5) is 9.40. The molecule has 3 heterocycles. The summed E-state index contributed by atoms with van der Waals surface area (Å²) in [6.07, 6.45) is 4.68. The van der Waals surface area contributed by atoms with E-state index >= 15 is 0 Å². The minimum atomic E-state index is 0.699. The lowest BCUT2D eigenvalue weighted by Gasteiger charge is -2.16. The number of nitrogens with one attached hydrogen (secondary N) is 1. The quantitative estimate of drug-likeness (QED) is 0.434. The van der Waals surface area contributed by atoms with Crippen molar-refractivity contribution in [3.63, 3.8) is 0 Å². The molecule has 0 amide bonds. The van der Waals surface area contributed by atoms with Crippen molar-refractivity contribution in [3.8, 4) is 0 Å². The molecule has 3 aromatic heterocycles. The molecule has 34 heavy (non-hydrogen) atoms. The average Bonchev–Trinajstić information content (AvgIpc) is 3.49. The van der Waals surface area contributed by atoms with Crippen LogP contribution in [0.25, 0.3) is 22.3 Å². The summed E-state index contributed by atoms with van der Waals surface area (Å²) in [5.74, 6) is 1.76. The molecule has 0 fully saturated rings. The molecule has 0 spiro atoms. The second-order valence-corrected chi connectivity index (χ2v) is 8.71.